The first kappa shape index (κ1) is 16.7. The Morgan fingerprint density at radius 1 is 1.26 bits per heavy atom. The Bertz CT molecular complexity index is 299. The van der Waals surface area contributed by atoms with Gasteiger partial charge in [0.1, 0.15) is 0 Å². The summed E-state index contributed by atoms with van der Waals surface area (Å²) in [6.07, 6.45) is 6.06. The lowest BCUT2D eigenvalue weighted by molar-refractivity contribution is -0.101. The highest BCUT2D eigenvalue weighted by molar-refractivity contribution is 5.06. The van der Waals surface area contributed by atoms with Crippen molar-refractivity contribution < 1.29 is 4.74 Å². The standard InChI is InChI=1S/C17H33NO/c1-14(7-8-15-9-11-18-12-10-15)13-19-17(5,6)16(2,3)4/h9,14,18H,7-8,10-13H2,1-6H3/t14-/m0/s1. The summed E-state index contributed by atoms with van der Waals surface area (Å²) in [6.45, 7) is 16.5. The van der Waals surface area contributed by atoms with E-state index in [1.54, 1.807) is 5.57 Å². The molecular formula is C17H33NO. The van der Waals surface area contributed by atoms with E-state index < -0.39 is 0 Å². The Hall–Kier alpha value is -0.340. The molecule has 1 atom stereocenters. The van der Waals surface area contributed by atoms with Crippen molar-refractivity contribution in [2.45, 2.75) is 66.4 Å². The van der Waals surface area contributed by atoms with Gasteiger partial charge in [0.05, 0.1) is 5.60 Å². The van der Waals surface area contributed by atoms with E-state index in [4.69, 9.17) is 4.74 Å². The molecule has 2 heteroatoms. The van der Waals surface area contributed by atoms with Crippen molar-refractivity contribution in [2.24, 2.45) is 11.3 Å². The Kier molecular flexibility index (Phi) is 6.07. The van der Waals surface area contributed by atoms with E-state index in [1.807, 2.05) is 0 Å². The van der Waals surface area contributed by atoms with Gasteiger partial charge < -0.3 is 10.1 Å². The third kappa shape index (κ3) is 5.66. The molecule has 0 aromatic heterocycles. The number of ether oxygens (including phenoxy) is 1. The van der Waals surface area contributed by atoms with Crippen molar-refractivity contribution in [2.75, 3.05) is 19.7 Å². The second-order valence-corrected chi connectivity index (χ2v) is 7.53. The van der Waals surface area contributed by atoms with Gasteiger partial charge >= 0.3 is 0 Å². The van der Waals surface area contributed by atoms with Crippen LogP contribution in [0.1, 0.15) is 60.8 Å². The van der Waals surface area contributed by atoms with Crippen molar-refractivity contribution >= 4 is 0 Å². The first-order chi connectivity index (χ1) is 8.72. The number of hydrogen-bond donors (Lipinski definition) is 1. The van der Waals surface area contributed by atoms with Gasteiger partial charge in [-0.05, 0) is 51.0 Å². The molecule has 0 bridgehead atoms. The Balaban J connectivity index is 2.28. The molecule has 2 nitrogen and oxygen atoms in total. The molecule has 1 aliphatic rings. The average molecular weight is 267 g/mol. The van der Waals surface area contributed by atoms with Gasteiger partial charge in [0, 0.05) is 13.2 Å². The molecule has 0 saturated heterocycles. The van der Waals surface area contributed by atoms with Crippen molar-refractivity contribution in [3.05, 3.63) is 11.6 Å². The maximum Gasteiger partial charge on any atom is 0.0674 e. The quantitative estimate of drug-likeness (QED) is 0.730. The minimum atomic E-state index is -0.0602. The molecule has 0 aromatic carbocycles. The molecule has 0 aromatic rings. The summed E-state index contributed by atoms with van der Waals surface area (Å²) in [7, 11) is 0. The highest BCUT2D eigenvalue weighted by Gasteiger charge is 2.33. The van der Waals surface area contributed by atoms with Crippen LogP contribution in [0.4, 0.5) is 0 Å². The normalized spacial score (nSPS) is 19.2. The number of hydrogen-bond acceptors (Lipinski definition) is 2. The Morgan fingerprint density at radius 3 is 2.47 bits per heavy atom. The van der Waals surface area contributed by atoms with Crippen LogP contribution >= 0.6 is 0 Å². The van der Waals surface area contributed by atoms with Crippen molar-refractivity contribution in [3.63, 3.8) is 0 Å². The number of nitrogens with one attached hydrogen (secondary N) is 1. The fraction of sp³-hybridized carbons (Fsp3) is 0.882. The second kappa shape index (κ2) is 6.90. The van der Waals surface area contributed by atoms with E-state index in [9.17, 15) is 0 Å². The largest absolute Gasteiger partial charge is 0.375 e. The first-order valence-corrected chi connectivity index (χ1v) is 7.75. The van der Waals surface area contributed by atoms with Gasteiger partial charge in [-0.3, -0.25) is 0 Å². The lowest BCUT2D eigenvalue weighted by atomic mass is 9.79. The third-order valence-electron chi connectivity index (χ3n) is 4.65. The smallest absolute Gasteiger partial charge is 0.0674 e. The van der Waals surface area contributed by atoms with Crippen LogP contribution in [0.25, 0.3) is 0 Å². The zero-order valence-corrected chi connectivity index (χ0v) is 13.8. The van der Waals surface area contributed by atoms with Crippen LogP contribution in [-0.4, -0.2) is 25.3 Å². The monoisotopic (exact) mass is 267 g/mol. The van der Waals surface area contributed by atoms with E-state index in [0.717, 1.165) is 19.7 Å². The zero-order chi connectivity index (χ0) is 14.5. The summed E-state index contributed by atoms with van der Waals surface area (Å²) in [4.78, 5) is 0. The van der Waals surface area contributed by atoms with Crippen molar-refractivity contribution in [1.29, 1.82) is 0 Å². The maximum absolute atomic E-state index is 6.16. The van der Waals surface area contributed by atoms with Gasteiger partial charge in [-0.25, -0.2) is 0 Å². The van der Waals surface area contributed by atoms with E-state index in [-0.39, 0.29) is 11.0 Å². The Morgan fingerprint density at radius 2 is 1.95 bits per heavy atom. The predicted octanol–water partition coefficient (Wildman–Crippen LogP) is 4.16. The molecule has 0 amide bonds. The fourth-order valence-corrected chi connectivity index (χ4v) is 1.98. The van der Waals surface area contributed by atoms with Crippen molar-refractivity contribution in [1.82, 2.24) is 5.32 Å². The van der Waals surface area contributed by atoms with Crippen LogP contribution in [0.15, 0.2) is 11.6 Å². The second-order valence-electron chi connectivity index (χ2n) is 7.53. The molecule has 19 heavy (non-hydrogen) atoms. The molecule has 0 aliphatic carbocycles. The summed E-state index contributed by atoms with van der Waals surface area (Å²) in [5, 5.41) is 3.36. The van der Waals surface area contributed by atoms with E-state index in [2.05, 4.69) is 52.9 Å². The lowest BCUT2D eigenvalue weighted by Gasteiger charge is -2.39. The van der Waals surface area contributed by atoms with Gasteiger partial charge in [-0.15, -0.1) is 0 Å². The summed E-state index contributed by atoms with van der Waals surface area (Å²) >= 11 is 0. The molecule has 0 spiro atoms. The highest BCUT2D eigenvalue weighted by atomic mass is 16.5. The van der Waals surface area contributed by atoms with Gasteiger partial charge in [0.25, 0.3) is 0 Å². The molecule has 0 saturated carbocycles. The van der Waals surface area contributed by atoms with Crippen LogP contribution in [-0.2, 0) is 4.74 Å². The average Bonchev–Trinajstić information content (AvgIpc) is 2.34. The molecule has 1 N–H and O–H groups in total. The molecule has 1 heterocycles. The molecule has 1 rings (SSSR count). The maximum atomic E-state index is 6.16. The molecule has 0 fully saturated rings. The first-order valence-electron chi connectivity index (χ1n) is 7.75. The fourth-order valence-electron chi connectivity index (χ4n) is 1.98. The molecule has 0 radical (unpaired) electrons. The van der Waals surface area contributed by atoms with Crippen molar-refractivity contribution in [3.8, 4) is 0 Å². The molecular weight excluding hydrogens is 234 g/mol. The minimum absolute atomic E-state index is 0.0602. The van der Waals surface area contributed by atoms with Gasteiger partial charge in [-0.2, -0.15) is 0 Å². The van der Waals surface area contributed by atoms with Gasteiger partial charge in [0.15, 0.2) is 0 Å². The summed E-state index contributed by atoms with van der Waals surface area (Å²) in [6, 6.07) is 0. The van der Waals surface area contributed by atoms with E-state index in [0.29, 0.717) is 5.92 Å². The summed E-state index contributed by atoms with van der Waals surface area (Å²) in [5.41, 5.74) is 1.75. The van der Waals surface area contributed by atoms with Crippen LogP contribution in [0.5, 0.6) is 0 Å². The number of rotatable bonds is 6. The molecule has 0 unspecified atom stereocenters. The predicted molar refractivity (Wildman–Crippen MR) is 83.5 cm³/mol. The van der Waals surface area contributed by atoms with Gasteiger partial charge in [-0.1, -0.05) is 39.3 Å². The minimum Gasteiger partial charge on any atom is -0.375 e. The summed E-state index contributed by atoms with van der Waals surface area (Å²) < 4.78 is 6.16. The SMILES string of the molecule is C[C@@H](CCC1=CCNCC1)COC(C)(C)C(C)(C)C. The van der Waals surface area contributed by atoms with Crippen LogP contribution < -0.4 is 5.32 Å². The van der Waals surface area contributed by atoms with Gasteiger partial charge in [0.2, 0.25) is 0 Å². The highest BCUT2D eigenvalue weighted by Crippen LogP contribution is 2.33. The summed E-state index contributed by atoms with van der Waals surface area (Å²) in [5.74, 6) is 0.636. The molecule has 1 aliphatic heterocycles. The van der Waals surface area contributed by atoms with E-state index >= 15 is 0 Å². The lowest BCUT2D eigenvalue weighted by Crippen LogP contribution is -2.40. The topological polar surface area (TPSA) is 21.3 Å². The van der Waals surface area contributed by atoms with Crippen LogP contribution in [0.3, 0.4) is 0 Å². The third-order valence-corrected chi connectivity index (χ3v) is 4.65. The Labute approximate surface area is 120 Å². The van der Waals surface area contributed by atoms with Crippen LogP contribution in [0.2, 0.25) is 0 Å². The molecule has 112 valence electrons. The zero-order valence-electron chi connectivity index (χ0n) is 13.8. The van der Waals surface area contributed by atoms with E-state index in [1.165, 1.54) is 19.3 Å². The van der Waals surface area contributed by atoms with Crippen LogP contribution in [0, 0.1) is 11.3 Å².